The normalized spacial score (nSPS) is 10.1. The SMILES string of the molecule is NC(=O)Nc1[nH]c(-c2ccoc2)cc1C(N)=O. The Morgan fingerprint density at radius 2 is 2.12 bits per heavy atom. The minimum absolute atomic E-state index is 0.153. The van der Waals surface area contributed by atoms with Gasteiger partial charge in [0.1, 0.15) is 5.82 Å². The fourth-order valence-corrected chi connectivity index (χ4v) is 1.44. The summed E-state index contributed by atoms with van der Waals surface area (Å²) in [5.41, 5.74) is 11.6. The minimum atomic E-state index is -0.784. The summed E-state index contributed by atoms with van der Waals surface area (Å²) in [6, 6.07) is 2.43. The standard InChI is InChI=1S/C10H10N4O3/c11-8(15)6-3-7(5-1-2-17-4-5)13-9(6)14-10(12)16/h1-4,13H,(H2,11,15)(H3,12,14,16). The maximum Gasteiger partial charge on any atom is 0.317 e. The van der Waals surface area contributed by atoms with Crippen LogP contribution in [0.1, 0.15) is 10.4 Å². The Kier molecular flexibility index (Phi) is 2.57. The summed E-state index contributed by atoms with van der Waals surface area (Å²) < 4.78 is 4.91. The quantitative estimate of drug-likeness (QED) is 0.628. The maximum absolute atomic E-state index is 11.2. The van der Waals surface area contributed by atoms with Crippen molar-refractivity contribution in [1.29, 1.82) is 0 Å². The number of primary amides is 2. The molecular weight excluding hydrogens is 224 g/mol. The fraction of sp³-hybridized carbons (Fsp3) is 0. The van der Waals surface area contributed by atoms with Gasteiger partial charge in [-0.2, -0.15) is 0 Å². The van der Waals surface area contributed by atoms with E-state index in [0.29, 0.717) is 5.69 Å². The summed E-state index contributed by atoms with van der Waals surface area (Å²) in [5, 5.41) is 2.29. The van der Waals surface area contributed by atoms with Crippen molar-refractivity contribution < 1.29 is 14.0 Å². The first kappa shape index (κ1) is 10.8. The molecule has 2 aromatic heterocycles. The Labute approximate surface area is 95.8 Å². The molecule has 0 aromatic carbocycles. The largest absolute Gasteiger partial charge is 0.472 e. The molecule has 2 rings (SSSR count). The van der Waals surface area contributed by atoms with E-state index in [9.17, 15) is 9.59 Å². The molecule has 7 heteroatoms. The number of H-pyrrole nitrogens is 1. The molecule has 17 heavy (non-hydrogen) atoms. The molecule has 2 aromatic rings. The first-order chi connectivity index (χ1) is 8.08. The zero-order valence-corrected chi connectivity index (χ0v) is 8.69. The highest BCUT2D eigenvalue weighted by Crippen LogP contribution is 2.25. The van der Waals surface area contributed by atoms with Crippen LogP contribution in [0.2, 0.25) is 0 Å². The lowest BCUT2D eigenvalue weighted by Crippen LogP contribution is -2.22. The molecule has 0 unspecified atom stereocenters. The Morgan fingerprint density at radius 3 is 2.65 bits per heavy atom. The van der Waals surface area contributed by atoms with E-state index < -0.39 is 11.9 Å². The number of nitrogens with one attached hydrogen (secondary N) is 2. The number of urea groups is 1. The molecule has 0 aliphatic carbocycles. The number of nitrogens with two attached hydrogens (primary N) is 2. The van der Waals surface area contributed by atoms with Gasteiger partial charge in [-0.25, -0.2) is 4.79 Å². The van der Waals surface area contributed by atoms with Gasteiger partial charge in [-0.05, 0) is 12.1 Å². The van der Waals surface area contributed by atoms with E-state index in [0.717, 1.165) is 5.56 Å². The second-order valence-electron chi connectivity index (χ2n) is 3.34. The van der Waals surface area contributed by atoms with Crippen LogP contribution in [0.4, 0.5) is 10.6 Å². The number of anilines is 1. The van der Waals surface area contributed by atoms with E-state index in [4.69, 9.17) is 15.9 Å². The minimum Gasteiger partial charge on any atom is -0.472 e. The van der Waals surface area contributed by atoms with Gasteiger partial charge in [0.2, 0.25) is 0 Å². The molecule has 6 N–H and O–H groups in total. The average Bonchev–Trinajstić information content (AvgIpc) is 2.82. The number of hydrogen-bond donors (Lipinski definition) is 4. The van der Waals surface area contributed by atoms with Gasteiger partial charge in [0.15, 0.2) is 0 Å². The van der Waals surface area contributed by atoms with Gasteiger partial charge in [-0.3, -0.25) is 10.1 Å². The highest BCUT2D eigenvalue weighted by Gasteiger charge is 2.15. The highest BCUT2D eigenvalue weighted by molar-refractivity contribution is 6.02. The topological polar surface area (TPSA) is 127 Å². The van der Waals surface area contributed by atoms with Gasteiger partial charge in [0, 0.05) is 5.56 Å². The first-order valence-corrected chi connectivity index (χ1v) is 4.70. The number of carbonyl (C=O) groups is 2. The molecule has 7 nitrogen and oxygen atoms in total. The predicted octanol–water partition coefficient (Wildman–Crippen LogP) is 0.864. The Balaban J connectivity index is 2.44. The van der Waals surface area contributed by atoms with E-state index >= 15 is 0 Å². The molecule has 0 saturated heterocycles. The van der Waals surface area contributed by atoms with Crippen LogP contribution in [-0.4, -0.2) is 16.9 Å². The van der Waals surface area contributed by atoms with Gasteiger partial charge in [0.05, 0.1) is 23.8 Å². The second-order valence-corrected chi connectivity index (χ2v) is 3.34. The van der Waals surface area contributed by atoms with Crippen LogP contribution in [-0.2, 0) is 0 Å². The van der Waals surface area contributed by atoms with Crippen molar-refractivity contribution in [2.75, 3.05) is 5.32 Å². The molecule has 0 saturated carbocycles. The Bertz CT molecular complexity index is 556. The molecule has 2 heterocycles. The van der Waals surface area contributed by atoms with E-state index in [2.05, 4.69) is 10.3 Å². The van der Waals surface area contributed by atoms with E-state index in [-0.39, 0.29) is 11.4 Å². The van der Waals surface area contributed by atoms with Gasteiger partial charge in [0.25, 0.3) is 5.91 Å². The van der Waals surface area contributed by atoms with Gasteiger partial charge in [-0.1, -0.05) is 0 Å². The van der Waals surface area contributed by atoms with Crippen molar-refractivity contribution in [3.63, 3.8) is 0 Å². The molecular formula is C10H10N4O3. The van der Waals surface area contributed by atoms with Crippen molar-refractivity contribution in [1.82, 2.24) is 4.98 Å². The lowest BCUT2D eigenvalue weighted by Gasteiger charge is -1.99. The summed E-state index contributed by atoms with van der Waals surface area (Å²) in [7, 11) is 0. The lowest BCUT2D eigenvalue weighted by atomic mass is 10.2. The molecule has 0 aliphatic heterocycles. The van der Waals surface area contributed by atoms with Crippen molar-refractivity contribution in [3.05, 3.63) is 30.2 Å². The molecule has 0 aliphatic rings. The third kappa shape index (κ3) is 2.12. The Morgan fingerprint density at radius 1 is 1.35 bits per heavy atom. The van der Waals surface area contributed by atoms with E-state index in [1.165, 1.54) is 18.6 Å². The number of carbonyl (C=O) groups excluding carboxylic acids is 2. The second kappa shape index (κ2) is 4.05. The molecule has 0 fully saturated rings. The molecule has 3 amide bonds. The highest BCUT2D eigenvalue weighted by atomic mass is 16.3. The van der Waals surface area contributed by atoms with Gasteiger partial charge < -0.3 is 20.9 Å². The number of hydrogen-bond acceptors (Lipinski definition) is 3. The number of aromatic amines is 1. The van der Waals surface area contributed by atoms with Gasteiger partial charge >= 0.3 is 6.03 Å². The lowest BCUT2D eigenvalue weighted by molar-refractivity contribution is 0.100. The van der Waals surface area contributed by atoms with Crippen LogP contribution < -0.4 is 16.8 Å². The van der Waals surface area contributed by atoms with Gasteiger partial charge in [-0.15, -0.1) is 0 Å². The van der Waals surface area contributed by atoms with Crippen LogP contribution in [0, 0.1) is 0 Å². The summed E-state index contributed by atoms with van der Waals surface area (Å²) in [5.74, 6) is -0.499. The fourth-order valence-electron chi connectivity index (χ4n) is 1.44. The number of furan rings is 1. The average molecular weight is 234 g/mol. The number of amides is 3. The molecule has 0 bridgehead atoms. The van der Waals surface area contributed by atoms with Crippen molar-refractivity contribution >= 4 is 17.8 Å². The zero-order chi connectivity index (χ0) is 12.4. The molecule has 0 spiro atoms. The van der Waals surface area contributed by atoms with Crippen molar-refractivity contribution in [2.24, 2.45) is 11.5 Å². The smallest absolute Gasteiger partial charge is 0.317 e. The third-order valence-electron chi connectivity index (χ3n) is 2.16. The summed E-state index contributed by atoms with van der Waals surface area (Å²) in [4.78, 5) is 24.8. The molecule has 0 atom stereocenters. The predicted molar refractivity (Wildman–Crippen MR) is 60.2 cm³/mol. The van der Waals surface area contributed by atoms with Crippen LogP contribution in [0.3, 0.4) is 0 Å². The van der Waals surface area contributed by atoms with Crippen LogP contribution in [0.25, 0.3) is 11.3 Å². The number of rotatable bonds is 3. The monoisotopic (exact) mass is 234 g/mol. The van der Waals surface area contributed by atoms with Crippen molar-refractivity contribution in [3.8, 4) is 11.3 Å². The zero-order valence-electron chi connectivity index (χ0n) is 8.69. The summed E-state index contributed by atoms with van der Waals surface area (Å²) >= 11 is 0. The van der Waals surface area contributed by atoms with Crippen LogP contribution >= 0.6 is 0 Å². The third-order valence-corrected chi connectivity index (χ3v) is 2.16. The van der Waals surface area contributed by atoms with Crippen LogP contribution in [0.15, 0.2) is 29.1 Å². The maximum atomic E-state index is 11.2. The molecule has 0 radical (unpaired) electrons. The van der Waals surface area contributed by atoms with E-state index in [1.807, 2.05) is 0 Å². The van der Waals surface area contributed by atoms with Crippen LogP contribution in [0.5, 0.6) is 0 Å². The first-order valence-electron chi connectivity index (χ1n) is 4.70. The summed E-state index contributed by atoms with van der Waals surface area (Å²) in [6.07, 6.45) is 2.98. The number of aromatic nitrogens is 1. The van der Waals surface area contributed by atoms with Crippen molar-refractivity contribution in [2.45, 2.75) is 0 Å². The molecule has 88 valence electrons. The Hall–Kier alpha value is -2.70. The van der Waals surface area contributed by atoms with E-state index in [1.54, 1.807) is 6.07 Å². The summed E-state index contributed by atoms with van der Waals surface area (Å²) in [6.45, 7) is 0.